The maximum Gasteiger partial charge on any atom is 0.181 e. The molecule has 0 N–H and O–H groups in total. The lowest BCUT2D eigenvalue weighted by molar-refractivity contribution is -0.302. The minimum Gasteiger partial charge on any atom is -0.379 e. The van der Waals surface area contributed by atoms with Crippen LogP contribution in [0, 0.1) is 0 Å². The molecule has 0 aromatic rings. The summed E-state index contributed by atoms with van der Waals surface area (Å²) in [5.41, 5.74) is 0. The number of rotatable bonds is 37. The molecule has 0 spiro atoms. The van der Waals surface area contributed by atoms with Gasteiger partial charge in [0.05, 0.1) is 33.0 Å². The molecule has 0 saturated carbocycles. The third kappa shape index (κ3) is 22.6. The van der Waals surface area contributed by atoms with Crippen molar-refractivity contribution in [1.29, 1.82) is 0 Å². The molecule has 50 heavy (non-hydrogen) atoms. The molecule has 0 radical (unpaired) electrons. The van der Waals surface area contributed by atoms with Crippen molar-refractivity contribution in [1.82, 2.24) is 0 Å². The van der Waals surface area contributed by atoms with E-state index in [2.05, 4.69) is 48.5 Å². The van der Waals surface area contributed by atoms with E-state index in [-0.39, 0.29) is 31.0 Å². The standard InChI is InChI=1S/C40H80O10/c1-8-15-22-41-29-34(45-26-19-12-5)35(30-42-23-16-9-2)49-38(33-44-25-18-11-4)50-40-36(31-43-24-17-10-3)48-32-37(46-27-20-13-6)39(40)47-28-21-14-7/h34-40H,8-33H2,1-7H3/t34-,35?,36?,37?,38+,39?,40-/m1/s1. The molecule has 1 heterocycles. The molecule has 0 aromatic heterocycles. The average molecular weight is 721 g/mol. The van der Waals surface area contributed by atoms with Gasteiger partial charge in [-0.25, -0.2) is 0 Å². The molecule has 1 aliphatic heterocycles. The van der Waals surface area contributed by atoms with E-state index in [1.807, 2.05) is 0 Å². The smallest absolute Gasteiger partial charge is 0.181 e. The predicted molar refractivity (Wildman–Crippen MR) is 200 cm³/mol. The molecule has 1 saturated heterocycles. The summed E-state index contributed by atoms with van der Waals surface area (Å²) in [5, 5.41) is 0. The Kier molecular flexibility index (Phi) is 32.7. The summed E-state index contributed by atoms with van der Waals surface area (Å²) in [5.74, 6) is 0. The highest BCUT2D eigenvalue weighted by Crippen LogP contribution is 2.27. The minimum atomic E-state index is -0.724. The van der Waals surface area contributed by atoms with Gasteiger partial charge < -0.3 is 47.4 Å². The van der Waals surface area contributed by atoms with Crippen molar-refractivity contribution in [2.75, 3.05) is 79.3 Å². The zero-order chi connectivity index (χ0) is 36.5. The molecule has 4 unspecified atom stereocenters. The molecule has 300 valence electrons. The molecule has 0 aliphatic carbocycles. The third-order valence-electron chi connectivity index (χ3n) is 8.72. The fraction of sp³-hybridized carbons (Fsp3) is 1.00. The van der Waals surface area contributed by atoms with Crippen molar-refractivity contribution in [3.05, 3.63) is 0 Å². The molecule has 0 aromatic carbocycles. The quantitative estimate of drug-likeness (QED) is 0.0461. The fourth-order valence-electron chi connectivity index (χ4n) is 5.35. The van der Waals surface area contributed by atoms with Crippen LogP contribution in [0.2, 0.25) is 0 Å². The van der Waals surface area contributed by atoms with Crippen molar-refractivity contribution in [3.63, 3.8) is 0 Å². The summed E-state index contributed by atoms with van der Waals surface area (Å²) < 4.78 is 64.5. The Hall–Kier alpha value is -0.400. The first-order valence-corrected chi connectivity index (χ1v) is 20.7. The molecular weight excluding hydrogens is 640 g/mol. The van der Waals surface area contributed by atoms with E-state index in [0.29, 0.717) is 72.7 Å². The van der Waals surface area contributed by atoms with Crippen LogP contribution in [-0.4, -0.2) is 122 Å². The highest BCUT2D eigenvalue weighted by atomic mass is 16.7. The Morgan fingerprint density at radius 3 is 1.56 bits per heavy atom. The van der Waals surface area contributed by atoms with Gasteiger partial charge in [0.1, 0.15) is 36.6 Å². The van der Waals surface area contributed by atoms with Crippen LogP contribution in [0.25, 0.3) is 0 Å². The first-order valence-electron chi connectivity index (χ1n) is 20.7. The van der Waals surface area contributed by atoms with Crippen molar-refractivity contribution in [2.24, 2.45) is 0 Å². The van der Waals surface area contributed by atoms with E-state index in [0.717, 1.165) is 89.9 Å². The monoisotopic (exact) mass is 721 g/mol. The van der Waals surface area contributed by atoms with Crippen LogP contribution in [0.1, 0.15) is 138 Å². The van der Waals surface area contributed by atoms with Gasteiger partial charge in [-0.3, -0.25) is 0 Å². The highest BCUT2D eigenvalue weighted by Gasteiger charge is 2.45. The van der Waals surface area contributed by atoms with Crippen molar-refractivity contribution < 1.29 is 47.4 Å². The molecule has 0 bridgehead atoms. The topological polar surface area (TPSA) is 92.3 Å². The van der Waals surface area contributed by atoms with Crippen molar-refractivity contribution in [2.45, 2.75) is 181 Å². The van der Waals surface area contributed by atoms with Gasteiger partial charge in [0.2, 0.25) is 0 Å². The number of ether oxygens (including phenoxy) is 10. The Morgan fingerprint density at radius 2 is 0.980 bits per heavy atom. The van der Waals surface area contributed by atoms with Gasteiger partial charge in [0.15, 0.2) is 6.29 Å². The maximum atomic E-state index is 6.99. The lowest BCUT2D eigenvalue weighted by atomic mass is 9.99. The number of hydrogen-bond donors (Lipinski definition) is 0. The predicted octanol–water partition coefficient (Wildman–Crippen LogP) is 8.30. The molecule has 10 nitrogen and oxygen atoms in total. The second kappa shape index (κ2) is 34.4. The second-order valence-electron chi connectivity index (χ2n) is 13.5. The summed E-state index contributed by atoms with van der Waals surface area (Å²) >= 11 is 0. The molecule has 1 aliphatic rings. The van der Waals surface area contributed by atoms with E-state index < -0.39 is 18.5 Å². The van der Waals surface area contributed by atoms with Crippen LogP contribution in [0.4, 0.5) is 0 Å². The Balaban J connectivity index is 3.43. The molecular formula is C40H80O10. The van der Waals surface area contributed by atoms with E-state index in [1.165, 1.54) is 0 Å². The van der Waals surface area contributed by atoms with Gasteiger partial charge in [-0.2, -0.15) is 0 Å². The summed E-state index contributed by atoms with van der Waals surface area (Å²) in [4.78, 5) is 0. The zero-order valence-electron chi connectivity index (χ0n) is 33.5. The van der Waals surface area contributed by atoms with E-state index in [4.69, 9.17) is 47.4 Å². The SMILES string of the molecule is CCCCOCC1OCC(OCCCC)C(OCCCC)[C@@H]1O[C@@H](COCCCC)OC(COCCCC)[C@@H](COCCCC)OCCCC. The van der Waals surface area contributed by atoms with Crippen LogP contribution in [0.5, 0.6) is 0 Å². The summed E-state index contributed by atoms with van der Waals surface area (Å²) in [7, 11) is 0. The van der Waals surface area contributed by atoms with Crippen molar-refractivity contribution in [3.8, 4) is 0 Å². The minimum absolute atomic E-state index is 0.257. The number of hydrogen-bond acceptors (Lipinski definition) is 10. The van der Waals surface area contributed by atoms with Gasteiger partial charge in [0, 0.05) is 46.2 Å². The molecule has 1 fully saturated rings. The van der Waals surface area contributed by atoms with E-state index >= 15 is 0 Å². The van der Waals surface area contributed by atoms with Gasteiger partial charge >= 0.3 is 0 Å². The maximum absolute atomic E-state index is 6.99. The summed E-state index contributed by atoms with van der Waals surface area (Å²) in [6.45, 7) is 21.6. The van der Waals surface area contributed by atoms with Gasteiger partial charge in [-0.05, 0) is 44.9 Å². The first kappa shape index (κ1) is 47.6. The van der Waals surface area contributed by atoms with E-state index in [1.54, 1.807) is 0 Å². The zero-order valence-corrected chi connectivity index (χ0v) is 33.5. The molecule has 7 atom stereocenters. The Labute approximate surface area is 307 Å². The normalized spacial score (nSPS) is 21.4. The third-order valence-corrected chi connectivity index (χ3v) is 8.72. The van der Waals surface area contributed by atoms with Crippen LogP contribution in [0.3, 0.4) is 0 Å². The highest BCUT2D eigenvalue weighted by molar-refractivity contribution is 4.91. The van der Waals surface area contributed by atoms with Crippen LogP contribution < -0.4 is 0 Å². The van der Waals surface area contributed by atoms with Crippen LogP contribution in [0.15, 0.2) is 0 Å². The van der Waals surface area contributed by atoms with Gasteiger partial charge in [0.25, 0.3) is 0 Å². The fourth-order valence-corrected chi connectivity index (χ4v) is 5.35. The molecule has 1 rings (SSSR count). The summed E-state index contributed by atoms with van der Waals surface area (Å²) in [6, 6.07) is 0. The van der Waals surface area contributed by atoms with Gasteiger partial charge in [-0.1, -0.05) is 93.4 Å². The Bertz CT molecular complexity index is 701. The van der Waals surface area contributed by atoms with Gasteiger partial charge in [-0.15, -0.1) is 0 Å². The Morgan fingerprint density at radius 1 is 0.500 bits per heavy atom. The summed E-state index contributed by atoms with van der Waals surface area (Å²) in [6.07, 6.45) is 11.3. The number of unbranched alkanes of at least 4 members (excludes halogenated alkanes) is 7. The van der Waals surface area contributed by atoms with E-state index in [9.17, 15) is 0 Å². The molecule has 10 heteroatoms. The van der Waals surface area contributed by atoms with Crippen LogP contribution >= 0.6 is 0 Å². The molecule has 0 amide bonds. The van der Waals surface area contributed by atoms with Crippen LogP contribution in [-0.2, 0) is 47.4 Å². The lowest BCUT2D eigenvalue weighted by Gasteiger charge is -2.43. The lowest BCUT2D eigenvalue weighted by Crippen LogP contribution is -2.59. The van der Waals surface area contributed by atoms with Crippen molar-refractivity contribution >= 4 is 0 Å². The average Bonchev–Trinajstić information content (AvgIpc) is 3.12. The first-order chi connectivity index (χ1) is 24.6. The largest absolute Gasteiger partial charge is 0.379 e. The second-order valence-corrected chi connectivity index (χ2v) is 13.5.